The van der Waals surface area contributed by atoms with E-state index in [1.54, 1.807) is 37.4 Å². The van der Waals surface area contributed by atoms with Crippen molar-refractivity contribution in [3.8, 4) is 0 Å². The molecule has 0 saturated carbocycles. The molecule has 4 nitrogen and oxygen atoms in total. The van der Waals surface area contributed by atoms with Gasteiger partial charge in [-0.15, -0.1) is 0 Å². The number of hydrogen-bond donors (Lipinski definition) is 2. The highest BCUT2D eigenvalue weighted by atomic mass is 19.1. The van der Waals surface area contributed by atoms with Crippen LogP contribution in [0.2, 0.25) is 0 Å². The number of halogens is 1. The van der Waals surface area contributed by atoms with Crippen molar-refractivity contribution in [3.05, 3.63) is 59.5 Å². The van der Waals surface area contributed by atoms with Crippen LogP contribution in [0.1, 0.15) is 15.9 Å². The van der Waals surface area contributed by atoms with Crippen molar-refractivity contribution in [2.75, 3.05) is 12.4 Å². The highest BCUT2D eigenvalue weighted by Crippen LogP contribution is 2.07. The van der Waals surface area contributed by atoms with Crippen molar-refractivity contribution in [2.24, 2.45) is 0 Å². The molecule has 98 valence electrons. The second-order valence-electron chi connectivity index (χ2n) is 3.96. The minimum Gasteiger partial charge on any atom is -0.373 e. The molecule has 2 aromatic rings. The summed E-state index contributed by atoms with van der Waals surface area (Å²) in [6, 6.07) is 9.71. The van der Waals surface area contributed by atoms with Gasteiger partial charge in [-0.2, -0.15) is 0 Å². The van der Waals surface area contributed by atoms with Crippen LogP contribution in [0.4, 0.5) is 10.2 Å². The summed E-state index contributed by atoms with van der Waals surface area (Å²) < 4.78 is 13.4. The second kappa shape index (κ2) is 5.95. The minimum absolute atomic E-state index is 0.152. The minimum atomic E-state index is -0.327. The maximum absolute atomic E-state index is 13.4. The Bertz CT molecular complexity index is 569. The quantitative estimate of drug-likeness (QED) is 0.885. The summed E-state index contributed by atoms with van der Waals surface area (Å²) in [7, 11) is 1.75. The Labute approximate surface area is 110 Å². The molecule has 0 atom stereocenters. The number of pyridine rings is 1. The van der Waals surface area contributed by atoms with E-state index < -0.39 is 0 Å². The van der Waals surface area contributed by atoms with Crippen molar-refractivity contribution in [1.29, 1.82) is 0 Å². The van der Waals surface area contributed by atoms with Crippen LogP contribution in [-0.4, -0.2) is 17.9 Å². The number of rotatable bonds is 4. The van der Waals surface area contributed by atoms with Gasteiger partial charge in [0.2, 0.25) is 0 Å². The van der Waals surface area contributed by atoms with Gasteiger partial charge in [-0.3, -0.25) is 4.79 Å². The number of nitrogens with zero attached hydrogens (tertiary/aromatic N) is 1. The van der Waals surface area contributed by atoms with Gasteiger partial charge in [0.15, 0.2) is 0 Å². The van der Waals surface area contributed by atoms with E-state index in [9.17, 15) is 9.18 Å². The first kappa shape index (κ1) is 13.0. The van der Waals surface area contributed by atoms with E-state index >= 15 is 0 Å². The predicted molar refractivity (Wildman–Crippen MR) is 71.4 cm³/mol. The highest BCUT2D eigenvalue weighted by Gasteiger charge is 2.07. The number of aromatic nitrogens is 1. The maximum Gasteiger partial charge on any atom is 0.253 e. The molecule has 0 unspecified atom stereocenters. The maximum atomic E-state index is 13.4. The van der Waals surface area contributed by atoms with Crippen LogP contribution in [0.3, 0.4) is 0 Å². The van der Waals surface area contributed by atoms with Crippen LogP contribution < -0.4 is 10.6 Å². The van der Waals surface area contributed by atoms with Gasteiger partial charge in [-0.1, -0.05) is 18.2 Å². The van der Waals surface area contributed by atoms with Crippen molar-refractivity contribution in [2.45, 2.75) is 6.54 Å². The standard InChI is InChI=1S/C14H14FN3O/c1-16-13-7-6-11(9-17-13)14(19)18-8-10-4-2-3-5-12(10)15/h2-7,9H,8H2,1H3,(H,16,17)(H,18,19). The molecule has 0 aliphatic heterocycles. The molecule has 1 heterocycles. The third-order valence-electron chi connectivity index (χ3n) is 2.68. The van der Waals surface area contributed by atoms with E-state index in [1.165, 1.54) is 12.3 Å². The van der Waals surface area contributed by atoms with Gasteiger partial charge >= 0.3 is 0 Å². The summed E-state index contributed by atoms with van der Waals surface area (Å²) >= 11 is 0. The molecule has 2 rings (SSSR count). The Morgan fingerprint density at radius 3 is 2.68 bits per heavy atom. The number of amides is 1. The molecule has 1 aromatic carbocycles. The van der Waals surface area contributed by atoms with Crippen LogP contribution in [0.25, 0.3) is 0 Å². The largest absolute Gasteiger partial charge is 0.373 e. The fourth-order valence-electron chi connectivity index (χ4n) is 1.60. The first-order valence-corrected chi connectivity index (χ1v) is 5.86. The lowest BCUT2D eigenvalue weighted by Gasteiger charge is -2.06. The van der Waals surface area contributed by atoms with E-state index in [2.05, 4.69) is 15.6 Å². The first-order chi connectivity index (χ1) is 9.20. The zero-order valence-corrected chi connectivity index (χ0v) is 10.5. The van der Waals surface area contributed by atoms with E-state index in [-0.39, 0.29) is 18.3 Å². The Morgan fingerprint density at radius 1 is 1.26 bits per heavy atom. The molecule has 19 heavy (non-hydrogen) atoms. The molecular formula is C14H14FN3O. The summed E-state index contributed by atoms with van der Waals surface area (Å²) in [5.41, 5.74) is 0.894. The normalized spacial score (nSPS) is 10.0. The fourth-order valence-corrected chi connectivity index (χ4v) is 1.60. The summed E-state index contributed by atoms with van der Waals surface area (Å²) in [4.78, 5) is 15.9. The molecule has 1 amide bonds. The molecule has 0 spiro atoms. The summed E-state index contributed by atoms with van der Waals surface area (Å²) in [6.07, 6.45) is 1.47. The SMILES string of the molecule is CNc1ccc(C(=O)NCc2ccccc2F)cn1. The Hall–Kier alpha value is -2.43. The molecule has 5 heteroatoms. The molecule has 2 N–H and O–H groups in total. The number of anilines is 1. The molecule has 0 aliphatic carbocycles. The number of carbonyl (C=O) groups excluding carboxylic acids is 1. The van der Waals surface area contributed by atoms with Crippen LogP contribution in [0.15, 0.2) is 42.6 Å². The molecule has 0 bridgehead atoms. The van der Waals surface area contributed by atoms with Gasteiger partial charge in [-0.05, 0) is 18.2 Å². The monoisotopic (exact) mass is 259 g/mol. The van der Waals surface area contributed by atoms with Gasteiger partial charge in [0.05, 0.1) is 5.56 Å². The number of benzene rings is 1. The predicted octanol–water partition coefficient (Wildman–Crippen LogP) is 2.19. The van der Waals surface area contributed by atoms with Gasteiger partial charge < -0.3 is 10.6 Å². The lowest BCUT2D eigenvalue weighted by atomic mass is 10.2. The molecule has 0 fully saturated rings. The van der Waals surface area contributed by atoms with Crippen molar-refractivity contribution in [3.63, 3.8) is 0 Å². The fraction of sp³-hybridized carbons (Fsp3) is 0.143. The van der Waals surface area contributed by atoms with E-state index in [4.69, 9.17) is 0 Å². The Morgan fingerprint density at radius 2 is 2.05 bits per heavy atom. The van der Waals surface area contributed by atoms with Crippen LogP contribution in [0.5, 0.6) is 0 Å². The van der Waals surface area contributed by atoms with E-state index in [1.807, 2.05) is 0 Å². The van der Waals surface area contributed by atoms with Gasteiger partial charge in [0, 0.05) is 25.4 Å². The molecular weight excluding hydrogens is 245 g/mol. The Kier molecular flexibility index (Phi) is 4.07. The lowest BCUT2D eigenvalue weighted by Crippen LogP contribution is -2.23. The van der Waals surface area contributed by atoms with Crippen molar-refractivity contribution < 1.29 is 9.18 Å². The lowest BCUT2D eigenvalue weighted by molar-refractivity contribution is 0.0950. The van der Waals surface area contributed by atoms with Crippen LogP contribution >= 0.6 is 0 Å². The number of nitrogens with one attached hydrogen (secondary N) is 2. The van der Waals surface area contributed by atoms with Gasteiger partial charge in [0.25, 0.3) is 5.91 Å². The van der Waals surface area contributed by atoms with Crippen molar-refractivity contribution in [1.82, 2.24) is 10.3 Å². The average Bonchev–Trinajstić information content (AvgIpc) is 2.46. The van der Waals surface area contributed by atoms with E-state index in [0.717, 1.165) is 0 Å². The average molecular weight is 259 g/mol. The molecule has 0 aliphatic rings. The van der Waals surface area contributed by atoms with Crippen LogP contribution in [-0.2, 0) is 6.54 Å². The van der Waals surface area contributed by atoms with Crippen molar-refractivity contribution >= 4 is 11.7 Å². The van der Waals surface area contributed by atoms with E-state index in [0.29, 0.717) is 16.9 Å². The third-order valence-corrected chi connectivity index (χ3v) is 2.68. The highest BCUT2D eigenvalue weighted by molar-refractivity contribution is 5.93. The topological polar surface area (TPSA) is 54.0 Å². The zero-order valence-electron chi connectivity index (χ0n) is 10.5. The van der Waals surface area contributed by atoms with Crippen LogP contribution in [0, 0.1) is 5.82 Å². The summed E-state index contributed by atoms with van der Waals surface area (Å²) in [6.45, 7) is 0.152. The molecule has 0 radical (unpaired) electrons. The second-order valence-corrected chi connectivity index (χ2v) is 3.96. The number of carbonyl (C=O) groups is 1. The van der Waals surface area contributed by atoms with Gasteiger partial charge in [-0.25, -0.2) is 9.37 Å². The zero-order chi connectivity index (χ0) is 13.7. The third kappa shape index (κ3) is 3.28. The summed E-state index contributed by atoms with van der Waals surface area (Å²) in [5.74, 6) is 0.0792. The molecule has 0 saturated heterocycles. The Balaban J connectivity index is 1.99. The smallest absolute Gasteiger partial charge is 0.253 e. The summed E-state index contributed by atoms with van der Waals surface area (Å²) in [5, 5.41) is 5.52. The molecule has 1 aromatic heterocycles. The van der Waals surface area contributed by atoms with Gasteiger partial charge in [0.1, 0.15) is 11.6 Å². The first-order valence-electron chi connectivity index (χ1n) is 5.86. The number of hydrogen-bond acceptors (Lipinski definition) is 3.